The molecule has 0 spiro atoms. The Morgan fingerprint density at radius 3 is 0.759 bits per heavy atom. The second kappa shape index (κ2) is 24.2. The molecule has 5 aromatic rings. The molecule has 0 nitrogen and oxygen atoms in total. The van der Waals surface area contributed by atoms with E-state index >= 15 is 0 Å². The van der Waals surface area contributed by atoms with Crippen LogP contribution in [-0.4, -0.2) is 0 Å². The van der Waals surface area contributed by atoms with Crippen molar-refractivity contribution in [3.8, 4) is 0 Å². The van der Waals surface area contributed by atoms with Crippen molar-refractivity contribution in [1.82, 2.24) is 0 Å². The van der Waals surface area contributed by atoms with Crippen molar-refractivity contribution in [1.29, 1.82) is 0 Å². The van der Waals surface area contributed by atoms with Crippen molar-refractivity contribution in [2.24, 2.45) is 11.8 Å². The zero-order valence-corrected chi connectivity index (χ0v) is 34.3. The van der Waals surface area contributed by atoms with Gasteiger partial charge in [-0.1, -0.05) is 99.2 Å². The first-order valence-electron chi connectivity index (χ1n) is 18.5. The van der Waals surface area contributed by atoms with E-state index in [4.69, 9.17) is 0 Å². The van der Waals surface area contributed by atoms with E-state index in [1.165, 1.54) is 87.1 Å². The summed E-state index contributed by atoms with van der Waals surface area (Å²) in [6.07, 6.45) is 5.89. The Hall–Kier alpha value is -4.32. The molecule has 6 rings (SSSR count). The van der Waals surface area contributed by atoms with Gasteiger partial charge in [-0.3, -0.25) is 0 Å². The van der Waals surface area contributed by atoms with Gasteiger partial charge in [-0.25, -0.2) is 26.3 Å². The van der Waals surface area contributed by atoms with Crippen LogP contribution in [0.15, 0.2) is 84.9 Å². The van der Waals surface area contributed by atoms with Gasteiger partial charge in [0, 0.05) is 11.1 Å². The van der Waals surface area contributed by atoms with Crippen molar-refractivity contribution in [2.75, 3.05) is 0 Å². The third kappa shape index (κ3) is 19.1. The first-order valence-corrected chi connectivity index (χ1v) is 18.5. The number of halogens is 6. The maximum Gasteiger partial charge on any atom is 0.129 e. The minimum atomic E-state index is -0.475. The molecule has 1 aliphatic carbocycles. The molecule has 1 saturated carbocycles. The fourth-order valence-electron chi connectivity index (χ4n) is 5.00. The molecule has 54 heavy (non-hydrogen) atoms. The molecule has 0 unspecified atom stereocenters. The van der Waals surface area contributed by atoms with Gasteiger partial charge >= 0.3 is 0 Å². The van der Waals surface area contributed by atoms with E-state index in [-0.39, 0.29) is 22.8 Å². The molecule has 0 bridgehead atoms. The van der Waals surface area contributed by atoms with Crippen molar-refractivity contribution >= 4 is 0 Å². The lowest BCUT2D eigenvalue weighted by atomic mass is 9.84. The number of benzene rings is 5. The average molecular weight is 751 g/mol. The lowest BCUT2D eigenvalue weighted by molar-refractivity contribution is 0.308. The Morgan fingerprint density at radius 1 is 0.315 bits per heavy atom. The summed E-state index contributed by atoms with van der Waals surface area (Å²) in [4.78, 5) is 0. The average Bonchev–Trinajstić information content (AvgIpc) is 3.10. The summed E-state index contributed by atoms with van der Waals surface area (Å²) in [6, 6.07) is 24.2. The normalized spacial score (nSPS) is 14.2. The van der Waals surface area contributed by atoms with Crippen molar-refractivity contribution in [2.45, 2.75) is 109 Å². The Balaban J connectivity index is 0.000000325. The first kappa shape index (κ1) is 47.7. The van der Waals surface area contributed by atoms with Gasteiger partial charge in [0.2, 0.25) is 0 Å². The highest BCUT2D eigenvalue weighted by Crippen LogP contribution is 2.27. The maximum atomic E-state index is 12.6. The van der Waals surface area contributed by atoms with Gasteiger partial charge in [-0.15, -0.1) is 0 Å². The van der Waals surface area contributed by atoms with Crippen LogP contribution in [0.2, 0.25) is 0 Å². The zero-order valence-electron chi connectivity index (χ0n) is 34.3. The van der Waals surface area contributed by atoms with Crippen LogP contribution < -0.4 is 0 Å². The number of hydrogen-bond acceptors (Lipinski definition) is 0. The topological polar surface area (TPSA) is 0 Å². The van der Waals surface area contributed by atoms with Crippen LogP contribution in [0.3, 0.4) is 0 Å². The summed E-state index contributed by atoms with van der Waals surface area (Å²) < 4.78 is 75.6. The van der Waals surface area contributed by atoms with Crippen LogP contribution in [0.4, 0.5) is 26.3 Å². The van der Waals surface area contributed by atoms with E-state index in [1.807, 2.05) is 26.0 Å². The zero-order chi connectivity index (χ0) is 41.1. The molecule has 0 amide bonds. The van der Waals surface area contributed by atoms with Crippen molar-refractivity contribution < 1.29 is 26.3 Å². The maximum absolute atomic E-state index is 12.6. The van der Waals surface area contributed by atoms with Crippen LogP contribution >= 0.6 is 0 Å². The molecular weight excluding hydrogens is 691 g/mol. The molecular formula is C48H60F6. The molecule has 294 valence electrons. The highest BCUT2D eigenvalue weighted by atomic mass is 19.2. The summed E-state index contributed by atoms with van der Waals surface area (Å²) in [5.74, 6) is -0.0904. The van der Waals surface area contributed by atoms with E-state index in [1.54, 1.807) is 39.8 Å². The fraction of sp³-hybridized carbons (Fsp3) is 0.375. The van der Waals surface area contributed by atoms with E-state index in [2.05, 4.69) is 52.0 Å². The van der Waals surface area contributed by atoms with Gasteiger partial charge in [-0.05, 0) is 151 Å². The second-order valence-corrected chi connectivity index (χ2v) is 14.7. The van der Waals surface area contributed by atoms with Gasteiger partial charge in [0.15, 0.2) is 0 Å². The number of rotatable bonds is 0. The Labute approximate surface area is 321 Å². The summed E-state index contributed by atoms with van der Waals surface area (Å²) in [5.41, 5.74) is 7.42. The van der Waals surface area contributed by atoms with E-state index < -0.39 is 23.3 Å². The first-order chi connectivity index (χ1) is 25.2. The van der Waals surface area contributed by atoms with Crippen LogP contribution in [0, 0.1) is 116 Å². The van der Waals surface area contributed by atoms with Crippen LogP contribution in [0.1, 0.15) is 95.2 Å². The smallest absolute Gasteiger partial charge is 0.129 e. The van der Waals surface area contributed by atoms with Crippen LogP contribution in [-0.2, 0) is 0 Å². The Bertz CT molecular complexity index is 1670. The van der Waals surface area contributed by atoms with Crippen molar-refractivity contribution in [3.63, 3.8) is 0 Å². The lowest BCUT2D eigenvalue weighted by Crippen LogP contribution is -2.08. The molecule has 5 aromatic carbocycles. The molecule has 0 N–H and O–H groups in total. The molecule has 1 fully saturated rings. The van der Waals surface area contributed by atoms with Crippen LogP contribution in [0.5, 0.6) is 0 Å². The highest BCUT2D eigenvalue weighted by molar-refractivity contribution is 5.25. The van der Waals surface area contributed by atoms with E-state index in [0.29, 0.717) is 22.3 Å². The Morgan fingerprint density at radius 2 is 0.537 bits per heavy atom. The predicted octanol–water partition coefficient (Wildman–Crippen LogP) is 15.2. The molecule has 6 heteroatoms. The van der Waals surface area contributed by atoms with Crippen molar-refractivity contribution in [3.05, 3.63) is 175 Å². The van der Waals surface area contributed by atoms with Gasteiger partial charge < -0.3 is 0 Å². The molecule has 0 heterocycles. The van der Waals surface area contributed by atoms with Gasteiger partial charge in [0.05, 0.1) is 0 Å². The second-order valence-electron chi connectivity index (χ2n) is 14.7. The minimum absolute atomic E-state index is 0.0885. The SMILES string of the molecule is CC1CCC(C)CC1.Cc1cc(F)c(C)c(F)c1.Cc1cc(F)c(C)c(F)c1.Cc1ccc(C)c(F)c1.Cc1ccc(C)c(F)c1.Cc1ccc(C)cc1. The summed E-state index contributed by atoms with van der Waals surface area (Å²) in [5, 5.41) is 0. The molecule has 1 aliphatic rings. The number of hydrogen-bond donors (Lipinski definition) is 0. The lowest BCUT2D eigenvalue weighted by Gasteiger charge is -2.22. The largest absolute Gasteiger partial charge is 0.207 e. The van der Waals surface area contributed by atoms with Gasteiger partial charge in [-0.2, -0.15) is 0 Å². The Kier molecular flexibility index (Phi) is 21.3. The summed E-state index contributed by atoms with van der Waals surface area (Å²) in [7, 11) is 0. The summed E-state index contributed by atoms with van der Waals surface area (Å²) >= 11 is 0. The van der Waals surface area contributed by atoms with E-state index in [0.717, 1.165) is 23.0 Å². The molecule has 0 aromatic heterocycles. The predicted molar refractivity (Wildman–Crippen MR) is 216 cm³/mol. The monoisotopic (exact) mass is 750 g/mol. The third-order valence-electron chi connectivity index (χ3n) is 9.03. The van der Waals surface area contributed by atoms with E-state index in [9.17, 15) is 26.3 Å². The summed E-state index contributed by atoms with van der Waals surface area (Å²) in [6.45, 7) is 22.4. The third-order valence-corrected chi connectivity index (χ3v) is 9.03. The van der Waals surface area contributed by atoms with Gasteiger partial charge in [0.25, 0.3) is 0 Å². The highest BCUT2D eigenvalue weighted by Gasteiger charge is 2.13. The molecule has 0 radical (unpaired) electrons. The fourth-order valence-corrected chi connectivity index (χ4v) is 5.00. The number of aryl methyl sites for hydroxylation is 8. The minimum Gasteiger partial charge on any atom is -0.207 e. The quantitative estimate of drug-likeness (QED) is 0.138. The molecule has 0 saturated heterocycles. The standard InChI is InChI=1S/2C8H8F2.2C8H9F.C8H16.C8H10/c2*1-5-3-7(9)6(2)8(10)4-5;2*1-6-3-4-7(2)8(9)5-6;2*1-7-3-5-8(2)6-4-7/h2*3-4H,1-2H3;2*3-5H,1-2H3;7-8H,3-6H2,1-2H3;3-6H,1-2H3. The van der Waals surface area contributed by atoms with Gasteiger partial charge in [0.1, 0.15) is 34.9 Å². The van der Waals surface area contributed by atoms with Crippen LogP contribution in [0.25, 0.3) is 0 Å². The molecule has 0 aliphatic heterocycles. The molecule has 0 atom stereocenters.